The second kappa shape index (κ2) is 7.34. The molecule has 23 heavy (non-hydrogen) atoms. The molecular formula is C18H16Cl2N2Zr. The normalized spacial score (nSPS) is 20.7. The van der Waals surface area contributed by atoms with Gasteiger partial charge in [-0.15, -0.1) is 0 Å². The first-order valence-corrected chi connectivity index (χ1v) is 9.67. The molecule has 0 radical (unpaired) electrons. The summed E-state index contributed by atoms with van der Waals surface area (Å²) in [4.78, 5) is 4.30. The third kappa shape index (κ3) is 3.07. The summed E-state index contributed by atoms with van der Waals surface area (Å²) >= 11 is -0.856. The zero-order valence-electron chi connectivity index (χ0n) is 12.7. The Kier molecular flexibility index (Phi) is 5.89. The molecular weight excluding hydrogens is 406 g/mol. The minimum absolute atomic E-state index is 0. The molecule has 1 atom stereocenters. The van der Waals surface area contributed by atoms with Crippen LogP contribution in [0.3, 0.4) is 0 Å². The van der Waals surface area contributed by atoms with E-state index in [1.54, 1.807) is 3.28 Å². The summed E-state index contributed by atoms with van der Waals surface area (Å²) in [5, 5.41) is 0. The van der Waals surface area contributed by atoms with E-state index in [4.69, 9.17) is 0 Å². The van der Waals surface area contributed by atoms with E-state index in [2.05, 4.69) is 71.2 Å². The van der Waals surface area contributed by atoms with E-state index in [0.717, 1.165) is 6.42 Å². The van der Waals surface area contributed by atoms with Gasteiger partial charge < -0.3 is 24.8 Å². The van der Waals surface area contributed by atoms with Crippen LogP contribution in [0.5, 0.6) is 0 Å². The molecule has 0 saturated carbocycles. The van der Waals surface area contributed by atoms with Crippen molar-refractivity contribution in [2.75, 3.05) is 0 Å². The Balaban J connectivity index is 0.000000960. The Labute approximate surface area is 160 Å². The number of benzene rings is 1. The summed E-state index contributed by atoms with van der Waals surface area (Å²) in [6.07, 6.45) is 16.4. The molecule has 0 N–H and O–H groups in total. The molecule has 0 fully saturated rings. The molecule has 0 amide bonds. The van der Waals surface area contributed by atoms with E-state index >= 15 is 0 Å². The van der Waals surface area contributed by atoms with Gasteiger partial charge in [0.1, 0.15) is 0 Å². The zero-order chi connectivity index (χ0) is 14.3. The standard InChI is InChI=1S/C12H9N2.C6H7.2ClH.Zr/c1-2-4-11-10(3-1)5-6-12(11)14-8-7-13-9-14;1-6-4-2-3-5-6;;;/h1-9H;2,4H,3H2,1H3;2*1H;/q;;;;+2/p-2. The topological polar surface area (TPSA) is 17.8 Å². The number of aromatic nitrogens is 2. The van der Waals surface area contributed by atoms with E-state index in [9.17, 15) is 0 Å². The SMILES string of the molecule is CC1=[C]([Zr+2][C]2(n3ccnc3)C=Cc3ccccc32)CC=C1.[Cl-].[Cl-]. The van der Waals surface area contributed by atoms with Crippen molar-refractivity contribution in [3.8, 4) is 0 Å². The molecule has 0 aliphatic heterocycles. The first-order chi connectivity index (χ1) is 10.3. The summed E-state index contributed by atoms with van der Waals surface area (Å²) in [5.74, 6) is 0. The second-order valence-electron chi connectivity index (χ2n) is 5.55. The minimum atomic E-state index is -0.856. The minimum Gasteiger partial charge on any atom is -1.00 e. The molecule has 0 saturated heterocycles. The van der Waals surface area contributed by atoms with Gasteiger partial charge in [-0.25, -0.2) is 0 Å². The molecule has 4 rings (SSSR count). The summed E-state index contributed by atoms with van der Waals surface area (Å²) < 4.78 is 4.05. The number of halogens is 2. The van der Waals surface area contributed by atoms with Gasteiger partial charge in [0.25, 0.3) is 0 Å². The molecule has 116 valence electrons. The predicted octanol–water partition coefficient (Wildman–Crippen LogP) is -2.06. The van der Waals surface area contributed by atoms with Crippen LogP contribution < -0.4 is 24.8 Å². The molecule has 5 heteroatoms. The summed E-state index contributed by atoms with van der Waals surface area (Å²) in [6.45, 7) is 2.26. The van der Waals surface area contributed by atoms with Crippen molar-refractivity contribution in [1.82, 2.24) is 9.55 Å². The fourth-order valence-electron chi connectivity index (χ4n) is 3.15. The van der Waals surface area contributed by atoms with Gasteiger partial charge in [0.05, 0.1) is 0 Å². The predicted molar refractivity (Wildman–Crippen MR) is 81.2 cm³/mol. The Morgan fingerprint density at radius 1 is 1.17 bits per heavy atom. The Morgan fingerprint density at radius 3 is 2.70 bits per heavy atom. The van der Waals surface area contributed by atoms with E-state index < -0.39 is 23.2 Å². The number of allylic oxidation sites excluding steroid dienone is 5. The zero-order valence-corrected chi connectivity index (χ0v) is 16.7. The van der Waals surface area contributed by atoms with E-state index in [1.807, 2.05) is 12.5 Å². The van der Waals surface area contributed by atoms with Crippen molar-refractivity contribution < 1.29 is 48.0 Å². The molecule has 2 aromatic rings. The first-order valence-electron chi connectivity index (χ1n) is 7.21. The molecule has 1 aromatic heterocycles. The van der Waals surface area contributed by atoms with Gasteiger partial charge in [-0.05, 0) is 0 Å². The summed E-state index contributed by atoms with van der Waals surface area (Å²) in [5.41, 5.74) is 4.29. The van der Waals surface area contributed by atoms with Crippen LogP contribution in [0.1, 0.15) is 24.5 Å². The average Bonchev–Trinajstić information content (AvgIpc) is 3.22. The van der Waals surface area contributed by atoms with Gasteiger partial charge in [-0.1, -0.05) is 0 Å². The van der Waals surface area contributed by atoms with Crippen molar-refractivity contribution in [1.29, 1.82) is 0 Å². The molecule has 1 heterocycles. The fourth-order valence-corrected chi connectivity index (χ4v) is 7.45. The van der Waals surface area contributed by atoms with Crippen molar-refractivity contribution in [2.24, 2.45) is 0 Å². The van der Waals surface area contributed by atoms with E-state index in [0.29, 0.717) is 0 Å². The first kappa shape index (κ1) is 18.5. The number of rotatable bonds is 3. The molecule has 0 bridgehead atoms. The quantitative estimate of drug-likeness (QED) is 0.556. The van der Waals surface area contributed by atoms with Gasteiger partial charge in [0.15, 0.2) is 0 Å². The number of imidazole rings is 1. The summed E-state index contributed by atoms with van der Waals surface area (Å²) in [6, 6.07) is 8.79. The fraction of sp³-hybridized carbons (Fsp3) is 0.167. The van der Waals surface area contributed by atoms with Crippen LogP contribution in [0.15, 0.2) is 70.1 Å². The molecule has 1 aromatic carbocycles. The Hall–Kier alpha value is -0.887. The van der Waals surface area contributed by atoms with Gasteiger partial charge >= 0.3 is 137 Å². The van der Waals surface area contributed by atoms with Crippen molar-refractivity contribution in [3.63, 3.8) is 0 Å². The number of hydrogen-bond acceptors (Lipinski definition) is 1. The number of fused-ring (bicyclic) bond motifs is 1. The third-order valence-corrected chi connectivity index (χ3v) is 9.15. The molecule has 2 aliphatic rings. The maximum atomic E-state index is 4.30. The third-order valence-electron chi connectivity index (χ3n) is 4.29. The Morgan fingerprint density at radius 2 is 2.00 bits per heavy atom. The van der Waals surface area contributed by atoms with Crippen LogP contribution in [-0.2, 0) is 26.5 Å². The number of hydrogen-bond donors (Lipinski definition) is 0. The largest absolute Gasteiger partial charge is 1.00 e. The van der Waals surface area contributed by atoms with E-state index in [-0.39, 0.29) is 28.1 Å². The molecule has 2 aliphatic carbocycles. The van der Waals surface area contributed by atoms with Gasteiger partial charge in [-0.3, -0.25) is 0 Å². The monoisotopic (exact) mass is 420 g/mol. The maximum absolute atomic E-state index is 4.30. The average molecular weight is 422 g/mol. The van der Waals surface area contributed by atoms with Crippen LogP contribution in [0.2, 0.25) is 0 Å². The molecule has 1 unspecified atom stereocenters. The molecule has 2 nitrogen and oxygen atoms in total. The van der Waals surface area contributed by atoms with Gasteiger partial charge in [0, 0.05) is 0 Å². The van der Waals surface area contributed by atoms with Crippen LogP contribution in [-0.4, -0.2) is 9.55 Å². The van der Waals surface area contributed by atoms with Crippen molar-refractivity contribution in [2.45, 2.75) is 16.6 Å². The van der Waals surface area contributed by atoms with Crippen molar-refractivity contribution >= 4 is 6.08 Å². The molecule has 0 spiro atoms. The maximum Gasteiger partial charge on any atom is -1.00 e. The van der Waals surface area contributed by atoms with Crippen LogP contribution in [0, 0.1) is 0 Å². The van der Waals surface area contributed by atoms with Crippen molar-refractivity contribution in [3.05, 3.63) is 81.2 Å². The smallest absolute Gasteiger partial charge is 1.00 e. The number of nitrogens with zero attached hydrogens (tertiary/aromatic N) is 2. The Bertz CT molecular complexity index is 778. The van der Waals surface area contributed by atoms with Crippen LogP contribution in [0.4, 0.5) is 0 Å². The van der Waals surface area contributed by atoms with E-state index in [1.165, 1.54) is 16.7 Å². The van der Waals surface area contributed by atoms with Crippen LogP contribution in [0.25, 0.3) is 6.08 Å². The van der Waals surface area contributed by atoms with Crippen LogP contribution >= 0.6 is 0 Å². The van der Waals surface area contributed by atoms with Gasteiger partial charge in [0.2, 0.25) is 0 Å². The van der Waals surface area contributed by atoms with Gasteiger partial charge in [-0.2, -0.15) is 0 Å². The second-order valence-corrected chi connectivity index (χ2v) is 9.52. The summed E-state index contributed by atoms with van der Waals surface area (Å²) in [7, 11) is 0.